The number of rotatable bonds is 8. The number of carbonyl (C=O) groups excluding carboxylic acids is 2. The Morgan fingerprint density at radius 2 is 1.83 bits per heavy atom. The smallest absolute Gasteiger partial charge is 0.251 e. The van der Waals surface area contributed by atoms with E-state index in [0.717, 1.165) is 0 Å². The monoisotopic (exact) mass is 489 g/mol. The predicted octanol–water partition coefficient (Wildman–Crippen LogP) is 4.36. The van der Waals surface area contributed by atoms with E-state index in [1.165, 1.54) is 22.1 Å². The molecule has 2 aromatic carbocycles. The number of hydrogen-bond donors (Lipinski definition) is 1. The second-order valence-electron chi connectivity index (χ2n) is 7.69. The fourth-order valence-electron chi connectivity index (χ4n) is 3.81. The number of para-hydroxylation sites is 1. The third-order valence-electron chi connectivity index (χ3n) is 5.40. The molecule has 35 heavy (non-hydrogen) atoms. The zero-order chi connectivity index (χ0) is 24.2. The molecular formula is C25H20ClN5O4. The van der Waals surface area contributed by atoms with Gasteiger partial charge >= 0.3 is 0 Å². The van der Waals surface area contributed by atoms with E-state index in [2.05, 4.69) is 15.6 Å². The Labute approximate surface area is 204 Å². The fraction of sp³-hybridized carbons (Fsp3) is 0.120. The van der Waals surface area contributed by atoms with Crippen LogP contribution in [-0.2, 0) is 22.7 Å². The first-order chi connectivity index (χ1) is 17.1. The molecule has 0 bridgehead atoms. The van der Waals surface area contributed by atoms with Crippen molar-refractivity contribution in [3.05, 3.63) is 102 Å². The number of anilines is 1. The van der Waals surface area contributed by atoms with E-state index in [1.807, 2.05) is 24.3 Å². The van der Waals surface area contributed by atoms with Gasteiger partial charge in [0.1, 0.15) is 23.6 Å². The molecule has 0 fully saturated rings. The van der Waals surface area contributed by atoms with E-state index in [9.17, 15) is 9.59 Å². The van der Waals surface area contributed by atoms with Crippen molar-refractivity contribution in [2.45, 2.75) is 19.1 Å². The molecule has 2 amide bonds. The average molecular weight is 490 g/mol. The van der Waals surface area contributed by atoms with E-state index < -0.39 is 17.9 Å². The van der Waals surface area contributed by atoms with Crippen LogP contribution >= 0.6 is 11.6 Å². The molecule has 5 aromatic rings. The summed E-state index contributed by atoms with van der Waals surface area (Å²) in [4.78, 5) is 28.6. The lowest BCUT2D eigenvalue weighted by atomic mass is 10.1. The van der Waals surface area contributed by atoms with Gasteiger partial charge in [-0.3, -0.25) is 14.5 Å². The quantitative estimate of drug-likeness (QED) is 0.347. The Morgan fingerprint density at radius 1 is 1.00 bits per heavy atom. The number of hydrogen-bond acceptors (Lipinski definition) is 6. The first kappa shape index (κ1) is 22.4. The first-order valence-corrected chi connectivity index (χ1v) is 11.2. The summed E-state index contributed by atoms with van der Waals surface area (Å²) in [6, 6.07) is 19.7. The lowest BCUT2D eigenvalue weighted by Crippen LogP contribution is -2.45. The summed E-state index contributed by atoms with van der Waals surface area (Å²) in [6.45, 7) is -0.00989. The molecule has 0 saturated heterocycles. The molecule has 10 heteroatoms. The van der Waals surface area contributed by atoms with Crippen molar-refractivity contribution in [3.63, 3.8) is 0 Å². The van der Waals surface area contributed by atoms with Gasteiger partial charge in [-0.2, -0.15) is 0 Å². The summed E-state index contributed by atoms with van der Waals surface area (Å²) in [5, 5.41) is 11.5. The van der Waals surface area contributed by atoms with Crippen molar-refractivity contribution >= 4 is 40.1 Å². The van der Waals surface area contributed by atoms with E-state index >= 15 is 0 Å². The number of carbonyl (C=O) groups is 2. The predicted molar refractivity (Wildman–Crippen MR) is 128 cm³/mol. The van der Waals surface area contributed by atoms with Crippen LogP contribution < -0.4 is 10.2 Å². The van der Waals surface area contributed by atoms with Crippen molar-refractivity contribution in [1.82, 2.24) is 20.3 Å². The number of nitrogens with zero attached hydrogens (tertiary/aromatic N) is 4. The van der Waals surface area contributed by atoms with Gasteiger partial charge in [-0.15, -0.1) is 5.10 Å². The number of furan rings is 2. The normalized spacial score (nSPS) is 11.9. The highest BCUT2D eigenvalue weighted by Crippen LogP contribution is 2.30. The first-order valence-electron chi connectivity index (χ1n) is 10.8. The molecular weight excluding hydrogens is 470 g/mol. The largest absolute Gasteiger partial charge is 0.467 e. The van der Waals surface area contributed by atoms with Gasteiger partial charge in [-0.05, 0) is 54.6 Å². The Balaban J connectivity index is 1.52. The lowest BCUT2D eigenvalue weighted by molar-refractivity contribution is -0.127. The van der Waals surface area contributed by atoms with Crippen molar-refractivity contribution in [3.8, 4) is 0 Å². The zero-order valence-electron chi connectivity index (χ0n) is 18.4. The van der Waals surface area contributed by atoms with Crippen molar-refractivity contribution in [2.75, 3.05) is 4.90 Å². The van der Waals surface area contributed by atoms with E-state index in [4.69, 9.17) is 20.4 Å². The van der Waals surface area contributed by atoms with Gasteiger partial charge in [0.05, 0.1) is 24.6 Å². The second kappa shape index (κ2) is 9.86. The standard InChI is InChI=1S/C25H20ClN5O4/c26-17-6-3-7-18(14-17)31(23(32)16-30-21-10-2-1-9-20(21)28-29-30)24(22-11-5-13-35-22)25(33)27-15-19-8-4-12-34-19/h1-14,24H,15-16H2,(H,27,33). The van der Waals surface area contributed by atoms with Crippen LogP contribution in [0.4, 0.5) is 5.69 Å². The summed E-state index contributed by atoms with van der Waals surface area (Å²) in [5.41, 5.74) is 1.79. The molecule has 1 atom stereocenters. The van der Waals surface area contributed by atoms with E-state index in [1.54, 1.807) is 48.5 Å². The Bertz CT molecular complexity index is 1450. The third-order valence-corrected chi connectivity index (χ3v) is 5.63. The molecule has 3 aromatic heterocycles. The van der Waals surface area contributed by atoms with Gasteiger partial charge < -0.3 is 14.2 Å². The highest BCUT2D eigenvalue weighted by molar-refractivity contribution is 6.31. The highest BCUT2D eigenvalue weighted by atomic mass is 35.5. The van der Waals surface area contributed by atoms with Gasteiger partial charge in [0.15, 0.2) is 6.04 Å². The SMILES string of the molecule is O=C(NCc1ccco1)C(c1ccco1)N(C(=O)Cn1nnc2ccccc21)c1cccc(Cl)c1. The Morgan fingerprint density at radius 3 is 2.60 bits per heavy atom. The van der Waals surface area contributed by atoms with Crippen LogP contribution in [0.3, 0.4) is 0 Å². The number of aromatic nitrogens is 3. The highest BCUT2D eigenvalue weighted by Gasteiger charge is 2.35. The summed E-state index contributed by atoms with van der Waals surface area (Å²) < 4.78 is 12.4. The summed E-state index contributed by atoms with van der Waals surface area (Å²) in [7, 11) is 0. The van der Waals surface area contributed by atoms with Gasteiger partial charge in [0.2, 0.25) is 5.91 Å². The molecule has 9 nitrogen and oxygen atoms in total. The van der Waals surface area contributed by atoms with Gasteiger partial charge in [0, 0.05) is 10.7 Å². The van der Waals surface area contributed by atoms with Crippen LogP contribution in [0.1, 0.15) is 17.6 Å². The molecule has 3 heterocycles. The van der Waals surface area contributed by atoms with Crippen molar-refractivity contribution in [1.29, 1.82) is 0 Å². The molecule has 176 valence electrons. The second-order valence-corrected chi connectivity index (χ2v) is 8.13. The summed E-state index contributed by atoms with van der Waals surface area (Å²) in [6.07, 6.45) is 2.98. The minimum atomic E-state index is -1.11. The summed E-state index contributed by atoms with van der Waals surface area (Å²) >= 11 is 6.25. The van der Waals surface area contributed by atoms with E-state index in [-0.39, 0.29) is 13.1 Å². The number of nitrogens with one attached hydrogen (secondary N) is 1. The number of halogens is 1. The van der Waals surface area contributed by atoms with Crippen LogP contribution in [-0.4, -0.2) is 26.8 Å². The lowest BCUT2D eigenvalue weighted by Gasteiger charge is -2.30. The zero-order valence-corrected chi connectivity index (χ0v) is 19.1. The molecule has 0 saturated carbocycles. The van der Waals surface area contributed by atoms with Gasteiger partial charge in [-0.25, -0.2) is 4.68 Å². The molecule has 0 radical (unpaired) electrons. The number of amides is 2. The minimum Gasteiger partial charge on any atom is -0.467 e. The molecule has 1 unspecified atom stereocenters. The van der Waals surface area contributed by atoms with Crippen LogP contribution in [0.25, 0.3) is 11.0 Å². The molecule has 5 rings (SSSR count). The van der Waals surface area contributed by atoms with Crippen LogP contribution in [0.15, 0.2) is 94.2 Å². The maximum absolute atomic E-state index is 13.8. The fourth-order valence-corrected chi connectivity index (χ4v) is 3.99. The number of fused-ring (bicyclic) bond motifs is 1. The van der Waals surface area contributed by atoms with Crippen LogP contribution in [0.2, 0.25) is 5.02 Å². The molecule has 0 spiro atoms. The Kier molecular flexibility index (Phi) is 6.32. The van der Waals surface area contributed by atoms with Crippen LogP contribution in [0.5, 0.6) is 0 Å². The van der Waals surface area contributed by atoms with Crippen LogP contribution in [0, 0.1) is 0 Å². The third kappa shape index (κ3) is 4.80. The van der Waals surface area contributed by atoms with E-state index in [0.29, 0.717) is 33.3 Å². The number of benzene rings is 2. The van der Waals surface area contributed by atoms with Crippen molar-refractivity contribution in [2.24, 2.45) is 0 Å². The van der Waals surface area contributed by atoms with Crippen molar-refractivity contribution < 1.29 is 18.4 Å². The molecule has 0 aliphatic heterocycles. The average Bonchev–Trinajstić information content (AvgIpc) is 3.64. The summed E-state index contributed by atoms with van der Waals surface area (Å²) in [5.74, 6) is 0.00979. The maximum Gasteiger partial charge on any atom is 0.251 e. The van der Waals surface area contributed by atoms with Gasteiger partial charge in [-0.1, -0.05) is 35.0 Å². The van der Waals surface area contributed by atoms with Gasteiger partial charge in [0.25, 0.3) is 5.91 Å². The maximum atomic E-state index is 13.8. The minimum absolute atomic E-state index is 0.147. The topological polar surface area (TPSA) is 106 Å². The molecule has 1 N–H and O–H groups in total. The molecule has 0 aliphatic rings. The molecule has 0 aliphatic carbocycles. The Hall–Kier alpha value is -4.37.